The molecule has 0 unspecified atom stereocenters. The van der Waals surface area contributed by atoms with Crippen LogP contribution in [0.2, 0.25) is 0 Å². The Kier molecular flexibility index (Phi) is 3.68. The van der Waals surface area contributed by atoms with Crippen LogP contribution in [0.4, 0.5) is 0 Å². The molecule has 2 heterocycles. The van der Waals surface area contributed by atoms with Crippen molar-refractivity contribution in [1.82, 2.24) is 9.97 Å². The summed E-state index contributed by atoms with van der Waals surface area (Å²) in [4.78, 5) is 30.5. The van der Waals surface area contributed by atoms with Gasteiger partial charge in [-0.2, -0.15) is 5.26 Å². The van der Waals surface area contributed by atoms with Crippen LogP contribution < -0.4 is 5.56 Å². The van der Waals surface area contributed by atoms with Crippen molar-refractivity contribution >= 4 is 27.5 Å². The maximum atomic E-state index is 11.9. The molecule has 0 radical (unpaired) electrons. The number of ether oxygens (including phenoxy) is 1. The summed E-state index contributed by atoms with van der Waals surface area (Å²) < 4.78 is 5.66. The summed E-state index contributed by atoms with van der Waals surface area (Å²) in [7, 11) is 0. The molecule has 0 saturated heterocycles. The Morgan fingerprint density at radius 1 is 1.32 bits per heavy atom. The highest BCUT2D eigenvalue weighted by atomic mass is 32.1. The summed E-state index contributed by atoms with van der Waals surface area (Å²) in [6.07, 6.45) is 0. The monoisotopic (exact) mass is 311 g/mol. The lowest BCUT2D eigenvalue weighted by molar-refractivity contribution is 0.0462. The number of rotatable bonds is 3. The fourth-order valence-electron chi connectivity index (χ4n) is 1.89. The lowest BCUT2D eigenvalue weighted by Crippen LogP contribution is -2.13. The van der Waals surface area contributed by atoms with Gasteiger partial charge in [0.2, 0.25) is 0 Å². The Bertz CT molecular complexity index is 935. The summed E-state index contributed by atoms with van der Waals surface area (Å²) in [5.41, 5.74) is 1.13. The van der Waals surface area contributed by atoms with Gasteiger partial charge in [-0.05, 0) is 35.7 Å². The van der Waals surface area contributed by atoms with Crippen molar-refractivity contribution < 1.29 is 9.53 Å². The van der Waals surface area contributed by atoms with Crippen molar-refractivity contribution in [2.75, 3.05) is 0 Å². The second-order valence-electron chi connectivity index (χ2n) is 4.41. The molecule has 0 saturated carbocycles. The van der Waals surface area contributed by atoms with Crippen LogP contribution in [0.15, 0.2) is 40.5 Å². The van der Waals surface area contributed by atoms with Gasteiger partial charge < -0.3 is 9.72 Å². The zero-order valence-corrected chi connectivity index (χ0v) is 12.0. The van der Waals surface area contributed by atoms with Crippen molar-refractivity contribution in [2.45, 2.75) is 6.61 Å². The van der Waals surface area contributed by atoms with E-state index in [1.54, 1.807) is 11.4 Å². The van der Waals surface area contributed by atoms with Gasteiger partial charge in [-0.1, -0.05) is 0 Å². The molecule has 108 valence electrons. The number of carbonyl (C=O) groups excluding carboxylic acids is 1. The van der Waals surface area contributed by atoms with Crippen molar-refractivity contribution in [2.24, 2.45) is 0 Å². The highest BCUT2D eigenvalue weighted by molar-refractivity contribution is 7.17. The van der Waals surface area contributed by atoms with E-state index < -0.39 is 5.97 Å². The van der Waals surface area contributed by atoms with E-state index in [2.05, 4.69) is 9.97 Å². The third kappa shape index (κ3) is 2.73. The van der Waals surface area contributed by atoms with Crippen LogP contribution in [0.1, 0.15) is 21.7 Å². The number of nitrogens with zero attached hydrogens (tertiary/aromatic N) is 2. The van der Waals surface area contributed by atoms with Crippen LogP contribution in [0.5, 0.6) is 0 Å². The number of hydrogen-bond donors (Lipinski definition) is 1. The zero-order chi connectivity index (χ0) is 15.5. The highest BCUT2D eigenvalue weighted by Gasteiger charge is 2.10. The number of nitrogens with one attached hydrogen (secondary N) is 1. The summed E-state index contributed by atoms with van der Waals surface area (Å²) in [5, 5.41) is 10.5. The lowest BCUT2D eigenvalue weighted by atomic mass is 10.1. The highest BCUT2D eigenvalue weighted by Crippen LogP contribution is 2.14. The molecule has 7 heteroatoms. The number of aromatic nitrogens is 2. The SMILES string of the molecule is N#Cc1ccc(C(=O)OCc2nc3ccsc3c(=O)[nH]2)cc1. The van der Waals surface area contributed by atoms with Gasteiger partial charge in [0.05, 0.1) is 22.7 Å². The average molecular weight is 311 g/mol. The van der Waals surface area contributed by atoms with E-state index in [0.717, 1.165) is 0 Å². The molecule has 0 amide bonds. The first-order chi connectivity index (χ1) is 10.7. The first kappa shape index (κ1) is 14.0. The third-order valence-corrected chi connectivity index (χ3v) is 3.86. The molecule has 0 spiro atoms. The van der Waals surface area contributed by atoms with Gasteiger partial charge in [-0.15, -0.1) is 11.3 Å². The van der Waals surface area contributed by atoms with E-state index in [1.165, 1.54) is 35.6 Å². The largest absolute Gasteiger partial charge is 0.454 e. The van der Waals surface area contributed by atoms with E-state index in [0.29, 0.717) is 21.3 Å². The van der Waals surface area contributed by atoms with E-state index in [4.69, 9.17) is 10.00 Å². The van der Waals surface area contributed by atoms with E-state index >= 15 is 0 Å². The van der Waals surface area contributed by atoms with Gasteiger partial charge in [0, 0.05) is 0 Å². The molecule has 1 aromatic carbocycles. The van der Waals surface area contributed by atoms with Crippen LogP contribution >= 0.6 is 11.3 Å². The summed E-state index contributed by atoms with van der Waals surface area (Å²) in [5.74, 6) is -0.254. The lowest BCUT2D eigenvalue weighted by Gasteiger charge is -2.04. The Morgan fingerprint density at radius 3 is 2.82 bits per heavy atom. The normalized spacial score (nSPS) is 10.3. The molecular formula is C15H9N3O3S. The van der Waals surface area contributed by atoms with Crippen molar-refractivity contribution in [3.8, 4) is 6.07 Å². The maximum absolute atomic E-state index is 11.9. The Balaban J connectivity index is 1.74. The number of benzene rings is 1. The smallest absolute Gasteiger partial charge is 0.338 e. The molecule has 0 aliphatic heterocycles. The van der Waals surface area contributed by atoms with Crippen molar-refractivity contribution in [3.05, 3.63) is 63.0 Å². The number of fused-ring (bicyclic) bond motifs is 1. The minimum Gasteiger partial charge on any atom is -0.454 e. The van der Waals surface area contributed by atoms with Crippen LogP contribution in [0.25, 0.3) is 10.2 Å². The molecule has 6 nitrogen and oxygen atoms in total. The summed E-state index contributed by atoms with van der Waals surface area (Å²) in [6.45, 7) is -0.125. The fraction of sp³-hybridized carbons (Fsp3) is 0.0667. The van der Waals surface area contributed by atoms with Crippen LogP contribution in [-0.4, -0.2) is 15.9 Å². The molecule has 0 aliphatic rings. The predicted molar refractivity (Wildman–Crippen MR) is 80.5 cm³/mol. The minimum absolute atomic E-state index is 0.125. The first-order valence-corrected chi connectivity index (χ1v) is 7.19. The predicted octanol–water partition coefficient (Wildman–Crippen LogP) is 2.21. The minimum atomic E-state index is -0.544. The van der Waals surface area contributed by atoms with E-state index in [1.807, 2.05) is 6.07 Å². The molecule has 0 bridgehead atoms. The second kappa shape index (κ2) is 5.79. The van der Waals surface area contributed by atoms with Gasteiger partial charge in [0.15, 0.2) is 0 Å². The molecule has 3 rings (SSSR count). The Morgan fingerprint density at radius 2 is 2.09 bits per heavy atom. The van der Waals surface area contributed by atoms with Gasteiger partial charge in [0.25, 0.3) is 5.56 Å². The summed E-state index contributed by atoms with van der Waals surface area (Å²) in [6, 6.07) is 9.81. The van der Waals surface area contributed by atoms with Gasteiger partial charge >= 0.3 is 5.97 Å². The second-order valence-corrected chi connectivity index (χ2v) is 5.33. The van der Waals surface area contributed by atoms with Gasteiger partial charge in [-0.25, -0.2) is 9.78 Å². The standard InChI is InChI=1S/C15H9N3O3S/c16-7-9-1-3-10(4-2-9)15(20)21-8-12-17-11-5-6-22-13(11)14(19)18-12/h1-6H,8H2,(H,17,18,19). The first-order valence-electron chi connectivity index (χ1n) is 6.31. The zero-order valence-electron chi connectivity index (χ0n) is 11.2. The Hall–Kier alpha value is -2.98. The van der Waals surface area contributed by atoms with E-state index in [-0.39, 0.29) is 18.0 Å². The fourth-order valence-corrected chi connectivity index (χ4v) is 2.61. The average Bonchev–Trinajstić information content (AvgIpc) is 3.02. The number of hydrogen-bond acceptors (Lipinski definition) is 6. The molecule has 0 fully saturated rings. The van der Waals surface area contributed by atoms with Crippen LogP contribution in [0.3, 0.4) is 0 Å². The Labute approximate surface area is 128 Å². The topological polar surface area (TPSA) is 95.8 Å². The number of esters is 1. The van der Waals surface area contributed by atoms with Crippen LogP contribution in [-0.2, 0) is 11.3 Å². The number of H-pyrrole nitrogens is 1. The van der Waals surface area contributed by atoms with Crippen LogP contribution in [0, 0.1) is 11.3 Å². The third-order valence-electron chi connectivity index (χ3n) is 2.95. The van der Waals surface area contributed by atoms with E-state index in [9.17, 15) is 9.59 Å². The van der Waals surface area contributed by atoms with Crippen molar-refractivity contribution in [1.29, 1.82) is 5.26 Å². The molecule has 3 aromatic rings. The summed E-state index contributed by atoms with van der Waals surface area (Å²) >= 11 is 1.31. The quantitative estimate of drug-likeness (QED) is 0.748. The molecular weight excluding hydrogens is 302 g/mol. The number of nitriles is 1. The molecule has 0 aliphatic carbocycles. The van der Waals surface area contributed by atoms with Gasteiger partial charge in [-0.3, -0.25) is 4.79 Å². The molecule has 22 heavy (non-hydrogen) atoms. The van der Waals surface area contributed by atoms with Gasteiger partial charge in [0.1, 0.15) is 17.1 Å². The number of aromatic amines is 1. The molecule has 2 aromatic heterocycles. The van der Waals surface area contributed by atoms with Crippen molar-refractivity contribution in [3.63, 3.8) is 0 Å². The molecule has 0 atom stereocenters. The maximum Gasteiger partial charge on any atom is 0.338 e. The number of thiophene rings is 1. The number of carbonyl (C=O) groups is 1. The molecule has 1 N–H and O–H groups in total.